The van der Waals surface area contributed by atoms with E-state index in [0.29, 0.717) is 17.4 Å². The van der Waals surface area contributed by atoms with E-state index in [1.807, 2.05) is 0 Å². The lowest BCUT2D eigenvalue weighted by Gasteiger charge is -2.53. The summed E-state index contributed by atoms with van der Waals surface area (Å²) >= 11 is 0. The summed E-state index contributed by atoms with van der Waals surface area (Å²) in [7, 11) is 0. The highest BCUT2D eigenvalue weighted by Crippen LogP contribution is 2.47. The van der Waals surface area contributed by atoms with Gasteiger partial charge in [-0.3, -0.25) is 0 Å². The molecule has 0 unspecified atom stereocenters. The fourth-order valence-electron chi connectivity index (χ4n) is 3.52. The molecule has 3 rings (SSSR count). The highest BCUT2D eigenvalue weighted by atomic mass is 15.1. The Labute approximate surface area is 110 Å². The zero-order valence-electron chi connectivity index (χ0n) is 11.6. The minimum absolute atomic E-state index is 0.537. The van der Waals surface area contributed by atoms with E-state index in [-0.39, 0.29) is 0 Å². The van der Waals surface area contributed by atoms with Crippen molar-refractivity contribution in [3.8, 4) is 0 Å². The molecule has 2 fully saturated rings. The van der Waals surface area contributed by atoms with E-state index in [2.05, 4.69) is 47.5 Å². The monoisotopic (exact) mass is 247 g/mol. The van der Waals surface area contributed by atoms with Crippen molar-refractivity contribution in [2.75, 3.05) is 19.6 Å². The van der Waals surface area contributed by atoms with Gasteiger partial charge in [-0.1, -0.05) is 13.8 Å². The lowest BCUT2D eigenvalue weighted by Crippen LogP contribution is -2.59. The number of aromatic nitrogens is 1. The van der Waals surface area contributed by atoms with Crippen LogP contribution in [0.25, 0.3) is 0 Å². The van der Waals surface area contributed by atoms with Crippen molar-refractivity contribution < 1.29 is 0 Å². The van der Waals surface area contributed by atoms with Gasteiger partial charge in [0.15, 0.2) is 0 Å². The zero-order valence-corrected chi connectivity index (χ0v) is 11.6. The molecule has 1 aromatic rings. The summed E-state index contributed by atoms with van der Waals surface area (Å²) in [5.41, 5.74) is 2.03. The normalized spacial score (nSPS) is 26.5. The molecule has 2 saturated heterocycles. The molecule has 18 heavy (non-hydrogen) atoms. The predicted molar refractivity (Wildman–Crippen MR) is 74.6 cm³/mol. The number of rotatable bonds is 3. The minimum Gasteiger partial charge on any atom is -0.354 e. The third kappa shape index (κ3) is 2.10. The minimum atomic E-state index is 0.537. The van der Waals surface area contributed by atoms with Gasteiger partial charge in [0.1, 0.15) is 0 Å². The Morgan fingerprint density at radius 1 is 1.39 bits per heavy atom. The SMILES string of the molecule is CC(C)Cn1ccc([C@@H]2NCC23CCNCC3)c1. The topological polar surface area (TPSA) is 29.0 Å². The van der Waals surface area contributed by atoms with E-state index < -0.39 is 0 Å². The van der Waals surface area contributed by atoms with Gasteiger partial charge in [-0.05, 0) is 43.5 Å². The van der Waals surface area contributed by atoms with Crippen molar-refractivity contribution in [3.63, 3.8) is 0 Å². The molecule has 2 aliphatic rings. The molecular weight excluding hydrogens is 222 g/mol. The van der Waals surface area contributed by atoms with Crippen molar-refractivity contribution in [2.24, 2.45) is 11.3 Å². The summed E-state index contributed by atoms with van der Waals surface area (Å²) in [6.07, 6.45) is 7.23. The van der Waals surface area contributed by atoms with Crippen molar-refractivity contribution >= 4 is 0 Å². The molecule has 1 aromatic heterocycles. The van der Waals surface area contributed by atoms with E-state index in [4.69, 9.17) is 0 Å². The molecule has 1 spiro atoms. The predicted octanol–water partition coefficient (Wildman–Crippen LogP) is 2.16. The van der Waals surface area contributed by atoms with Crippen LogP contribution in [0.5, 0.6) is 0 Å². The highest BCUT2D eigenvalue weighted by Gasteiger charge is 2.47. The van der Waals surface area contributed by atoms with Gasteiger partial charge >= 0.3 is 0 Å². The van der Waals surface area contributed by atoms with Crippen molar-refractivity contribution in [3.05, 3.63) is 24.0 Å². The molecule has 0 aromatic carbocycles. The van der Waals surface area contributed by atoms with Crippen LogP contribution in [-0.2, 0) is 6.54 Å². The average molecular weight is 247 g/mol. The summed E-state index contributed by atoms with van der Waals surface area (Å²) in [5, 5.41) is 7.13. The van der Waals surface area contributed by atoms with Gasteiger partial charge in [0.25, 0.3) is 0 Å². The van der Waals surface area contributed by atoms with Crippen LogP contribution in [0.4, 0.5) is 0 Å². The van der Waals surface area contributed by atoms with Crippen molar-refractivity contribution in [1.29, 1.82) is 0 Å². The first-order chi connectivity index (χ1) is 8.70. The van der Waals surface area contributed by atoms with Crippen LogP contribution in [0.3, 0.4) is 0 Å². The summed E-state index contributed by atoms with van der Waals surface area (Å²) in [6.45, 7) is 9.25. The van der Waals surface area contributed by atoms with Crippen LogP contribution in [0.15, 0.2) is 18.5 Å². The standard InChI is InChI=1S/C15H25N3/c1-12(2)9-18-8-3-13(10-18)14-15(11-17-14)4-6-16-7-5-15/h3,8,10,12,14,16-17H,4-7,9,11H2,1-2H3/t14-/m0/s1. The van der Waals surface area contributed by atoms with E-state index in [0.717, 1.165) is 6.54 Å². The van der Waals surface area contributed by atoms with Crippen LogP contribution in [0.2, 0.25) is 0 Å². The van der Waals surface area contributed by atoms with Gasteiger partial charge in [0, 0.05) is 36.9 Å². The van der Waals surface area contributed by atoms with E-state index >= 15 is 0 Å². The van der Waals surface area contributed by atoms with Crippen LogP contribution >= 0.6 is 0 Å². The van der Waals surface area contributed by atoms with E-state index in [9.17, 15) is 0 Å². The third-order valence-electron chi connectivity index (χ3n) is 4.55. The fourth-order valence-corrected chi connectivity index (χ4v) is 3.52. The number of hydrogen-bond acceptors (Lipinski definition) is 2. The molecule has 2 aliphatic heterocycles. The van der Waals surface area contributed by atoms with Crippen LogP contribution < -0.4 is 10.6 Å². The summed E-state index contributed by atoms with van der Waals surface area (Å²) in [4.78, 5) is 0. The van der Waals surface area contributed by atoms with Crippen molar-refractivity contribution in [1.82, 2.24) is 15.2 Å². The molecule has 3 nitrogen and oxygen atoms in total. The summed E-state index contributed by atoms with van der Waals surface area (Å²) in [6, 6.07) is 2.90. The van der Waals surface area contributed by atoms with Gasteiger partial charge in [-0.15, -0.1) is 0 Å². The maximum absolute atomic E-state index is 3.65. The Morgan fingerprint density at radius 2 is 2.17 bits per heavy atom. The van der Waals surface area contributed by atoms with Gasteiger partial charge in [-0.2, -0.15) is 0 Å². The smallest absolute Gasteiger partial charge is 0.0405 e. The number of nitrogens with one attached hydrogen (secondary N) is 2. The number of hydrogen-bond donors (Lipinski definition) is 2. The molecule has 0 aliphatic carbocycles. The van der Waals surface area contributed by atoms with E-state index in [1.165, 1.54) is 38.0 Å². The van der Waals surface area contributed by atoms with Gasteiger partial charge in [-0.25, -0.2) is 0 Å². The lowest BCUT2D eigenvalue weighted by molar-refractivity contribution is 0.0436. The van der Waals surface area contributed by atoms with Gasteiger partial charge in [0.05, 0.1) is 0 Å². The first-order valence-corrected chi connectivity index (χ1v) is 7.29. The molecule has 100 valence electrons. The average Bonchev–Trinajstić information content (AvgIpc) is 2.76. The molecule has 2 N–H and O–H groups in total. The summed E-state index contributed by atoms with van der Waals surface area (Å²) in [5.74, 6) is 0.715. The number of nitrogens with zero attached hydrogens (tertiary/aromatic N) is 1. The van der Waals surface area contributed by atoms with Crippen LogP contribution in [0, 0.1) is 11.3 Å². The van der Waals surface area contributed by atoms with Gasteiger partial charge < -0.3 is 15.2 Å². The Kier molecular flexibility index (Phi) is 3.20. The highest BCUT2D eigenvalue weighted by molar-refractivity contribution is 5.23. The molecule has 1 atom stereocenters. The maximum atomic E-state index is 3.65. The largest absolute Gasteiger partial charge is 0.354 e. The Hall–Kier alpha value is -0.800. The first-order valence-electron chi connectivity index (χ1n) is 7.29. The second kappa shape index (κ2) is 4.71. The molecule has 0 amide bonds. The Morgan fingerprint density at radius 3 is 2.78 bits per heavy atom. The van der Waals surface area contributed by atoms with Crippen LogP contribution in [0.1, 0.15) is 38.3 Å². The van der Waals surface area contributed by atoms with Gasteiger partial charge in [0.2, 0.25) is 0 Å². The number of piperidine rings is 1. The quantitative estimate of drug-likeness (QED) is 0.857. The second-order valence-corrected chi connectivity index (χ2v) is 6.46. The first kappa shape index (κ1) is 12.2. The van der Waals surface area contributed by atoms with E-state index in [1.54, 1.807) is 0 Å². The molecule has 3 heteroatoms. The lowest BCUT2D eigenvalue weighted by atomic mass is 9.65. The summed E-state index contributed by atoms with van der Waals surface area (Å²) < 4.78 is 2.34. The second-order valence-electron chi connectivity index (χ2n) is 6.46. The molecule has 0 saturated carbocycles. The third-order valence-corrected chi connectivity index (χ3v) is 4.55. The molecule has 0 bridgehead atoms. The molecular formula is C15H25N3. The maximum Gasteiger partial charge on any atom is 0.0405 e. The Bertz CT molecular complexity index is 402. The zero-order chi connectivity index (χ0) is 12.6. The fraction of sp³-hybridized carbons (Fsp3) is 0.733. The molecule has 0 radical (unpaired) electrons. The van der Waals surface area contributed by atoms with Crippen LogP contribution in [-0.4, -0.2) is 24.2 Å². The molecule has 3 heterocycles. The Balaban J connectivity index is 1.72. The van der Waals surface area contributed by atoms with Crippen molar-refractivity contribution in [2.45, 2.75) is 39.3 Å².